The molecule has 200 valence electrons. The second-order valence-electron chi connectivity index (χ2n) is 10.0. The van der Waals surface area contributed by atoms with Gasteiger partial charge in [-0.25, -0.2) is 4.39 Å². The van der Waals surface area contributed by atoms with Gasteiger partial charge in [-0.2, -0.15) is 5.10 Å². The summed E-state index contributed by atoms with van der Waals surface area (Å²) >= 11 is 0. The lowest BCUT2D eigenvalue weighted by molar-refractivity contribution is 0.400. The lowest BCUT2D eigenvalue weighted by atomic mass is 10.0. The summed E-state index contributed by atoms with van der Waals surface area (Å²) in [6.07, 6.45) is 12.5. The predicted molar refractivity (Wildman–Crippen MR) is 164 cm³/mol. The molecule has 2 aromatic carbocycles. The van der Waals surface area contributed by atoms with Crippen molar-refractivity contribution >= 4 is 23.6 Å². The van der Waals surface area contributed by atoms with Gasteiger partial charge in [-0.15, -0.1) is 0 Å². The van der Waals surface area contributed by atoms with Gasteiger partial charge in [-0.1, -0.05) is 61.7 Å². The van der Waals surface area contributed by atoms with Crippen molar-refractivity contribution in [2.24, 2.45) is 0 Å². The monoisotopic (exact) mass is 520 g/mol. The van der Waals surface area contributed by atoms with Crippen molar-refractivity contribution in [3.8, 4) is 22.5 Å². The molecule has 0 aliphatic carbocycles. The first-order chi connectivity index (χ1) is 18.8. The summed E-state index contributed by atoms with van der Waals surface area (Å²) in [6, 6.07) is 14.7. The third-order valence-corrected chi connectivity index (χ3v) is 6.89. The molecule has 0 aliphatic heterocycles. The first-order valence-corrected chi connectivity index (χ1v) is 13.2. The fourth-order valence-electron chi connectivity index (χ4n) is 4.69. The first-order valence-electron chi connectivity index (χ1n) is 13.2. The highest BCUT2D eigenvalue weighted by Crippen LogP contribution is 2.31. The molecule has 4 nitrogen and oxygen atoms in total. The standard InChI is InChI=1S/C34H37FN4/c1-7-25(12-11-19-39(5)6)20-26(8-2)23(3)17-18-31-24(4)34(38-37-31)33-22-30-29(15-10-16-32(30)36-33)27-13-9-14-28(35)21-27/h7-10,13-18,20-22,36-37H,1,4,11-12,19H2,2-3,5-6H3/b23-17+,25-20+,26-8+,31-18+. The van der Waals surface area contributed by atoms with E-state index in [0.29, 0.717) is 0 Å². The van der Waals surface area contributed by atoms with E-state index in [1.165, 1.54) is 11.6 Å². The highest BCUT2D eigenvalue weighted by Gasteiger charge is 2.12. The maximum Gasteiger partial charge on any atom is 0.123 e. The largest absolute Gasteiger partial charge is 0.353 e. The quantitative estimate of drug-likeness (QED) is 0.223. The van der Waals surface area contributed by atoms with Crippen LogP contribution < -0.4 is 10.6 Å². The molecule has 2 heterocycles. The maximum absolute atomic E-state index is 13.9. The van der Waals surface area contributed by atoms with Gasteiger partial charge in [0, 0.05) is 16.1 Å². The molecule has 0 atom stereocenters. The van der Waals surface area contributed by atoms with Crippen LogP contribution in [0.1, 0.15) is 26.7 Å². The van der Waals surface area contributed by atoms with Gasteiger partial charge in [0.15, 0.2) is 0 Å². The van der Waals surface area contributed by atoms with E-state index in [4.69, 9.17) is 0 Å². The van der Waals surface area contributed by atoms with Crippen LogP contribution in [0.3, 0.4) is 0 Å². The number of rotatable bonds is 10. The van der Waals surface area contributed by atoms with Crippen LogP contribution in [0.15, 0.2) is 96.1 Å². The Morgan fingerprint density at radius 3 is 2.64 bits per heavy atom. The van der Waals surface area contributed by atoms with Gasteiger partial charge in [0.1, 0.15) is 11.5 Å². The van der Waals surface area contributed by atoms with E-state index in [-0.39, 0.29) is 5.82 Å². The third kappa shape index (κ3) is 6.62. The Bertz CT molecular complexity index is 1680. The normalized spacial score (nSPS) is 13.6. The lowest BCUT2D eigenvalue weighted by Crippen LogP contribution is -2.21. The molecule has 0 saturated heterocycles. The first kappa shape index (κ1) is 27.8. The fourth-order valence-corrected chi connectivity index (χ4v) is 4.69. The van der Waals surface area contributed by atoms with Gasteiger partial charge in [-0.3, -0.25) is 5.10 Å². The van der Waals surface area contributed by atoms with Gasteiger partial charge in [0.25, 0.3) is 0 Å². The molecule has 0 spiro atoms. The highest BCUT2D eigenvalue weighted by atomic mass is 19.1. The van der Waals surface area contributed by atoms with E-state index in [9.17, 15) is 4.39 Å². The van der Waals surface area contributed by atoms with Gasteiger partial charge >= 0.3 is 0 Å². The van der Waals surface area contributed by atoms with E-state index in [1.807, 2.05) is 36.4 Å². The number of aromatic nitrogens is 3. The van der Waals surface area contributed by atoms with Crippen molar-refractivity contribution in [3.05, 3.63) is 113 Å². The molecule has 0 radical (unpaired) electrons. The van der Waals surface area contributed by atoms with Crippen LogP contribution in [0.4, 0.5) is 4.39 Å². The number of H-pyrrole nitrogens is 2. The SMILES string of the molecule is C=C\C(=C/C(=C\C)C(/C)=C/C=c1/[nH]nc(-c2cc3c(-c4cccc(F)c4)cccc3[nH]2)c1=C)CCCN(C)C. The summed E-state index contributed by atoms with van der Waals surface area (Å²) < 4.78 is 13.9. The Labute approximate surface area is 230 Å². The number of hydrogen-bond acceptors (Lipinski definition) is 2. The zero-order chi connectivity index (χ0) is 27.9. The molecule has 39 heavy (non-hydrogen) atoms. The van der Waals surface area contributed by atoms with Crippen molar-refractivity contribution in [3.63, 3.8) is 0 Å². The summed E-state index contributed by atoms with van der Waals surface area (Å²) in [5.74, 6) is -0.252. The molecular formula is C34H37FN4. The second kappa shape index (κ2) is 12.5. The number of nitrogens with zero attached hydrogens (tertiary/aromatic N) is 2. The zero-order valence-electron chi connectivity index (χ0n) is 23.3. The minimum absolute atomic E-state index is 0.252. The van der Waals surface area contributed by atoms with Gasteiger partial charge in [0.05, 0.1) is 11.0 Å². The Balaban J connectivity index is 1.62. The zero-order valence-corrected chi connectivity index (χ0v) is 23.3. The number of allylic oxidation sites excluding steroid dienone is 7. The van der Waals surface area contributed by atoms with E-state index in [1.54, 1.807) is 12.1 Å². The van der Waals surface area contributed by atoms with Crippen LogP contribution in [0.5, 0.6) is 0 Å². The fraction of sp³-hybridized carbons (Fsp3) is 0.206. The molecule has 2 N–H and O–H groups in total. The summed E-state index contributed by atoms with van der Waals surface area (Å²) in [4.78, 5) is 5.66. The molecule has 0 bridgehead atoms. The van der Waals surface area contributed by atoms with Crippen molar-refractivity contribution in [1.82, 2.24) is 20.1 Å². The van der Waals surface area contributed by atoms with Crippen molar-refractivity contribution in [2.75, 3.05) is 20.6 Å². The van der Waals surface area contributed by atoms with Crippen LogP contribution in [-0.2, 0) is 0 Å². The maximum atomic E-state index is 13.9. The summed E-state index contributed by atoms with van der Waals surface area (Å²) in [5, 5.41) is 10.4. The molecule has 0 fully saturated rings. The van der Waals surface area contributed by atoms with E-state index in [0.717, 1.165) is 74.5 Å². The van der Waals surface area contributed by atoms with Crippen molar-refractivity contribution < 1.29 is 4.39 Å². The number of nitrogens with one attached hydrogen (secondary N) is 2. The Morgan fingerprint density at radius 1 is 1.13 bits per heavy atom. The van der Waals surface area contributed by atoms with Crippen LogP contribution in [-0.4, -0.2) is 40.7 Å². The van der Waals surface area contributed by atoms with E-state index >= 15 is 0 Å². The van der Waals surface area contributed by atoms with Crippen LogP contribution >= 0.6 is 0 Å². The molecule has 0 aliphatic rings. The van der Waals surface area contributed by atoms with E-state index < -0.39 is 0 Å². The number of fused-ring (bicyclic) bond motifs is 1. The highest BCUT2D eigenvalue weighted by molar-refractivity contribution is 5.98. The summed E-state index contributed by atoms with van der Waals surface area (Å²) in [5.41, 5.74) is 7.93. The van der Waals surface area contributed by atoms with Gasteiger partial charge in [0.2, 0.25) is 0 Å². The van der Waals surface area contributed by atoms with Crippen LogP contribution in [0.2, 0.25) is 0 Å². The third-order valence-electron chi connectivity index (χ3n) is 6.89. The smallest absolute Gasteiger partial charge is 0.123 e. The molecule has 0 amide bonds. The molecular weight excluding hydrogens is 483 g/mol. The minimum Gasteiger partial charge on any atom is -0.353 e. The molecule has 2 aromatic heterocycles. The van der Waals surface area contributed by atoms with Crippen molar-refractivity contribution in [2.45, 2.75) is 26.7 Å². The number of hydrogen-bond donors (Lipinski definition) is 2. The Morgan fingerprint density at radius 2 is 1.92 bits per heavy atom. The minimum atomic E-state index is -0.252. The topological polar surface area (TPSA) is 47.7 Å². The van der Waals surface area contributed by atoms with E-state index in [2.05, 4.69) is 85.5 Å². The van der Waals surface area contributed by atoms with Gasteiger partial charge < -0.3 is 9.88 Å². The molecule has 5 heteroatoms. The lowest BCUT2D eigenvalue weighted by Gasteiger charge is -2.10. The van der Waals surface area contributed by atoms with Crippen molar-refractivity contribution in [1.29, 1.82) is 0 Å². The second-order valence-corrected chi connectivity index (χ2v) is 10.0. The number of halogens is 1. The average Bonchev–Trinajstić information content (AvgIpc) is 3.51. The van der Waals surface area contributed by atoms with Crippen LogP contribution in [0, 0.1) is 5.82 Å². The Hall–Kier alpha value is -4.22. The number of benzene rings is 2. The molecule has 4 aromatic rings. The average molecular weight is 521 g/mol. The molecule has 0 saturated carbocycles. The number of aromatic amines is 2. The Kier molecular flexibility index (Phi) is 8.95. The summed E-state index contributed by atoms with van der Waals surface area (Å²) in [7, 11) is 4.19. The van der Waals surface area contributed by atoms with Crippen LogP contribution in [0.25, 0.3) is 46.1 Å². The molecule has 0 unspecified atom stereocenters. The van der Waals surface area contributed by atoms with Gasteiger partial charge in [-0.05, 0) is 106 Å². The summed E-state index contributed by atoms with van der Waals surface area (Å²) in [6.45, 7) is 13.5. The molecule has 4 rings (SSSR count). The predicted octanol–water partition coefficient (Wildman–Crippen LogP) is 6.90.